The van der Waals surface area contributed by atoms with Crippen LogP contribution in [0.1, 0.15) is 29.9 Å². The van der Waals surface area contributed by atoms with Crippen molar-refractivity contribution in [3.63, 3.8) is 0 Å². The van der Waals surface area contributed by atoms with E-state index in [0.717, 1.165) is 37.1 Å². The highest BCUT2D eigenvalue weighted by atomic mass is 19.1. The number of aromatic nitrogens is 3. The van der Waals surface area contributed by atoms with Crippen LogP contribution in [0.25, 0.3) is 0 Å². The van der Waals surface area contributed by atoms with Gasteiger partial charge in [-0.05, 0) is 48.2 Å². The van der Waals surface area contributed by atoms with Crippen LogP contribution in [0.3, 0.4) is 0 Å². The van der Waals surface area contributed by atoms with Gasteiger partial charge in [-0.25, -0.2) is 18.7 Å². The Kier molecular flexibility index (Phi) is 8.73. The summed E-state index contributed by atoms with van der Waals surface area (Å²) in [6, 6.07) is 13.4. The van der Waals surface area contributed by atoms with Crippen molar-refractivity contribution in [2.45, 2.75) is 24.8 Å². The molecule has 1 N–H and O–H groups in total. The van der Waals surface area contributed by atoms with Gasteiger partial charge >= 0.3 is 0 Å². The maximum Gasteiger partial charge on any atom is 0.230 e. The first kappa shape index (κ1) is 25.4. The van der Waals surface area contributed by atoms with Crippen LogP contribution in [0.2, 0.25) is 0 Å². The van der Waals surface area contributed by atoms with Crippen molar-refractivity contribution in [3.05, 3.63) is 103 Å². The van der Waals surface area contributed by atoms with Gasteiger partial charge in [-0.2, -0.15) is 4.98 Å². The molecule has 0 aliphatic carbocycles. The van der Waals surface area contributed by atoms with Crippen LogP contribution >= 0.6 is 0 Å². The number of nitrogens with one attached hydrogen (secondary N) is 1. The average Bonchev–Trinajstić information content (AvgIpc) is 2.91. The predicted molar refractivity (Wildman–Crippen MR) is 140 cm³/mol. The maximum absolute atomic E-state index is 13.5. The first-order valence-electron chi connectivity index (χ1n) is 12.2. The summed E-state index contributed by atoms with van der Waals surface area (Å²) in [6.45, 7) is 11.2. The number of anilines is 2. The van der Waals surface area contributed by atoms with Crippen LogP contribution in [0.5, 0.6) is 0 Å². The molecule has 1 aliphatic heterocycles. The molecule has 188 valence electrons. The van der Waals surface area contributed by atoms with Crippen molar-refractivity contribution in [1.82, 2.24) is 20.3 Å². The van der Waals surface area contributed by atoms with E-state index in [1.54, 1.807) is 30.6 Å². The highest BCUT2D eigenvalue weighted by Gasteiger charge is 2.23. The minimum absolute atomic E-state index is 0.00368. The summed E-state index contributed by atoms with van der Waals surface area (Å²) in [5.41, 5.74) is 1.99. The fourth-order valence-electron chi connectivity index (χ4n) is 4.52. The Morgan fingerprint density at radius 3 is 2.00 bits per heavy atom. The molecule has 3 aromatic rings. The zero-order valence-electron chi connectivity index (χ0n) is 20.4. The topological polar surface area (TPSA) is 57.2 Å². The zero-order chi connectivity index (χ0) is 25.3. The summed E-state index contributed by atoms with van der Waals surface area (Å²) in [5, 5.41) is 3.69. The summed E-state index contributed by atoms with van der Waals surface area (Å²) in [7, 11) is 0. The Labute approximate surface area is 211 Å². The second kappa shape index (κ2) is 12.4. The lowest BCUT2D eigenvalue weighted by Gasteiger charge is -2.33. The number of hydrogen-bond donors (Lipinski definition) is 1. The van der Waals surface area contributed by atoms with Crippen LogP contribution < -0.4 is 15.1 Å². The third-order valence-electron chi connectivity index (χ3n) is 6.46. The molecule has 0 amide bonds. The monoisotopic (exact) mass is 490 g/mol. The highest BCUT2D eigenvalue weighted by Crippen LogP contribution is 2.26. The zero-order valence-corrected chi connectivity index (χ0v) is 20.4. The van der Waals surface area contributed by atoms with Crippen LogP contribution in [0.15, 0.2) is 80.2 Å². The lowest BCUT2D eigenvalue weighted by molar-refractivity contribution is 0.407. The summed E-state index contributed by atoms with van der Waals surface area (Å²) in [6.07, 6.45) is 7.05. The first-order valence-corrected chi connectivity index (χ1v) is 12.2. The summed E-state index contributed by atoms with van der Waals surface area (Å²) >= 11 is 0. The van der Waals surface area contributed by atoms with Gasteiger partial charge in [0, 0.05) is 44.7 Å². The molecule has 0 atom stereocenters. The average molecular weight is 491 g/mol. The van der Waals surface area contributed by atoms with Crippen LogP contribution in [-0.2, 0) is 0 Å². The second-order valence-corrected chi connectivity index (χ2v) is 8.89. The normalized spacial score (nSPS) is 14.1. The van der Waals surface area contributed by atoms with Gasteiger partial charge in [-0.3, -0.25) is 0 Å². The smallest absolute Gasteiger partial charge is 0.230 e. The molecule has 1 saturated heterocycles. The Hall–Kier alpha value is -3.65. The number of nitrogens with zero attached hydrogens (tertiary/aromatic N) is 5. The van der Waals surface area contributed by atoms with Gasteiger partial charge in [-0.1, -0.05) is 36.4 Å². The largest absolute Gasteiger partial charge is 0.341 e. The lowest BCUT2D eigenvalue weighted by Crippen LogP contribution is -2.44. The summed E-state index contributed by atoms with van der Waals surface area (Å²) in [4.78, 5) is 17.6. The van der Waals surface area contributed by atoms with E-state index in [9.17, 15) is 8.78 Å². The lowest BCUT2D eigenvalue weighted by atomic mass is 9.90. The predicted octanol–water partition coefficient (Wildman–Crippen LogP) is 4.72. The summed E-state index contributed by atoms with van der Waals surface area (Å²) < 4.78 is 27.0. The SMILES string of the molecule is C=CCN(CC=C)c1ncnc(N2CCC(NCC(c3ccc(F)cc3)c3ccc(F)cc3)CC2)n1. The molecule has 0 saturated carbocycles. The Morgan fingerprint density at radius 1 is 0.917 bits per heavy atom. The van der Waals surface area contributed by atoms with E-state index in [4.69, 9.17) is 0 Å². The van der Waals surface area contributed by atoms with Gasteiger partial charge in [0.1, 0.15) is 18.0 Å². The minimum atomic E-state index is -0.268. The maximum atomic E-state index is 13.5. The number of benzene rings is 2. The van der Waals surface area contributed by atoms with Gasteiger partial charge in [-0.15, -0.1) is 13.2 Å². The molecule has 4 rings (SSSR count). The van der Waals surface area contributed by atoms with Crippen molar-refractivity contribution in [3.8, 4) is 0 Å². The second-order valence-electron chi connectivity index (χ2n) is 8.89. The molecule has 0 spiro atoms. The number of rotatable bonds is 11. The van der Waals surface area contributed by atoms with E-state index in [1.165, 1.54) is 24.3 Å². The number of piperidine rings is 1. The van der Waals surface area contributed by atoms with Gasteiger partial charge in [0.25, 0.3) is 0 Å². The fraction of sp³-hybridized carbons (Fsp3) is 0.321. The molecule has 6 nitrogen and oxygen atoms in total. The molecule has 1 aromatic heterocycles. The Bertz CT molecular complexity index is 1070. The van der Waals surface area contributed by atoms with E-state index < -0.39 is 0 Å². The Balaban J connectivity index is 1.38. The van der Waals surface area contributed by atoms with Gasteiger partial charge in [0.15, 0.2) is 0 Å². The van der Waals surface area contributed by atoms with Crippen molar-refractivity contribution < 1.29 is 8.78 Å². The van der Waals surface area contributed by atoms with Crippen molar-refractivity contribution in [1.29, 1.82) is 0 Å². The van der Waals surface area contributed by atoms with Gasteiger partial charge in [0.2, 0.25) is 11.9 Å². The molecular weight excluding hydrogens is 458 g/mol. The fourth-order valence-corrected chi connectivity index (χ4v) is 4.52. The van der Waals surface area contributed by atoms with Crippen molar-refractivity contribution >= 4 is 11.9 Å². The van der Waals surface area contributed by atoms with Crippen LogP contribution in [-0.4, -0.2) is 53.7 Å². The van der Waals surface area contributed by atoms with E-state index >= 15 is 0 Å². The van der Waals surface area contributed by atoms with E-state index in [-0.39, 0.29) is 17.6 Å². The van der Waals surface area contributed by atoms with Crippen LogP contribution in [0, 0.1) is 11.6 Å². The highest BCUT2D eigenvalue weighted by molar-refractivity contribution is 5.39. The van der Waals surface area contributed by atoms with Crippen LogP contribution in [0.4, 0.5) is 20.7 Å². The van der Waals surface area contributed by atoms with Gasteiger partial charge < -0.3 is 15.1 Å². The molecule has 2 aromatic carbocycles. The molecule has 0 bridgehead atoms. The molecule has 1 fully saturated rings. The quantitative estimate of drug-likeness (QED) is 0.393. The van der Waals surface area contributed by atoms with E-state index in [2.05, 4.69) is 38.3 Å². The molecule has 36 heavy (non-hydrogen) atoms. The first-order chi connectivity index (χ1) is 17.6. The molecule has 8 heteroatoms. The standard InChI is InChI=1S/C28H32F2N6/c1-3-15-35(16-4-2)27-32-20-33-28(34-27)36-17-13-25(14-18-36)31-19-26(21-5-9-23(29)10-6-21)22-7-11-24(30)12-8-22/h3-12,20,25-26,31H,1-2,13-19H2. The van der Waals surface area contributed by atoms with Gasteiger partial charge in [0.05, 0.1) is 0 Å². The third-order valence-corrected chi connectivity index (χ3v) is 6.46. The minimum Gasteiger partial charge on any atom is -0.341 e. The summed E-state index contributed by atoms with van der Waals surface area (Å²) in [5.74, 6) is 0.746. The van der Waals surface area contributed by atoms with Crippen molar-refractivity contribution in [2.24, 2.45) is 0 Å². The van der Waals surface area contributed by atoms with Crippen molar-refractivity contribution in [2.75, 3.05) is 42.5 Å². The molecule has 1 aliphatic rings. The molecule has 0 unspecified atom stereocenters. The number of hydrogen-bond acceptors (Lipinski definition) is 6. The van der Waals surface area contributed by atoms with E-state index in [0.29, 0.717) is 37.6 Å². The molecule has 2 heterocycles. The van der Waals surface area contributed by atoms with E-state index in [1.807, 2.05) is 17.1 Å². The Morgan fingerprint density at radius 2 is 1.47 bits per heavy atom. The molecule has 0 radical (unpaired) electrons. The number of halogens is 2. The third kappa shape index (κ3) is 6.51. The molecular formula is C28H32F2N6.